The maximum absolute atomic E-state index is 9.42. The summed E-state index contributed by atoms with van der Waals surface area (Å²) in [6.45, 7) is 2.14. The van der Waals surface area contributed by atoms with Gasteiger partial charge < -0.3 is 20.3 Å². The molecule has 1 fully saturated rings. The van der Waals surface area contributed by atoms with Crippen LogP contribution < -0.4 is 5.73 Å². The number of aliphatic hydroxyl groups is 1. The van der Waals surface area contributed by atoms with E-state index in [2.05, 4.69) is 4.90 Å². The van der Waals surface area contributed by atoms with Crippen molar-refractivity contribution in [3.05, 3.63) is 0 Å². The van der Waals surface area contributed by atoms with E-state index in [9.17, 15) is 5.11 Å². The molecule has 0 aromatic rings. The molecule has 0 saturated carbocycles. The van der Waals surface area contributed by atoms with Crippen LogP contribution in [-0.4, -0.2) is 68.7 Å². The Morgan fingerprint density at radius 2 is 2.12 bits per heavy atom. The Bertz CT molecular complexity index is 186. The first-order valence-electron chi connectivity index (χ1n) is 5.85. The van der Waals surface area contributed by atoms with Crippen LogP contribution in [0, 0.1) is 0 Å². The summed E-state index contributed by atoms with van der Waals surface area (Å²) >= 11 is 0. The highest BCUT2D eigenvalue weighted by atomic mass is 16.5. The van der Waals surface area contributed by atoms with Crippen LogP contribution in [0.3, 0.4) is 0 Å². The molecular formula is C11H24N2O3. The van der Waals surface area contributed by atoms with Crippen LogP contribution in [-0.2, 0) is 9.47 Å². The average Bonchev–Trinajstić information content (AvgIpc) is 2.31. The molecule has 0 spiro atoms. The highest BCUT2D eigenvalue weighted by Crippen LogP contribution is 2.16. The number of hydrogen-bond donors (Lipinski definition) is 2. The topological polar surface area (TPSA) is 68.0 Å². The summed E-state index contributed by atoms with van der Waals surface area (Å²) in [6.07, 6.45) is 2.01. The van der Waals surface area contributed by atoms with Crippen molar-refractivity contribution < 1.29 is 14.6 Å². The SMILES string of the molecule is COCC(N)C(CO)N(C)C1CCOCC1. The fourth-order valence-electron chi connectivity index (χ4n) is 2.23. The maximum atomic E-state index is 9.42. The summed E-state index contributed by atoms with van der Waals surface area (Å²) in [6, 6.07) is 0.264. The molecule has 2 atom stereocenters. The van der Waals surface area contributed by atoms with E-state index in [-0.39, 0.29) is 18.7 Å². The Labute approximate surface area is 97.5 Å². The molecule has 0 aromatic carbocycles. The third kappa shape index (κ3) is 3.68. The molecule has 5 nitrogen and oxygen atoms in total. The molecule has 0 radical (unpaired) electrons. The quantitative estimate of drug-likeness (QED) is 0.642. The molecule has 1 rings (SSSR count). The largest absolute Gasteiger partial charge is 0.395 e. The smallest absolute Gasteiger partial charge is 0.0629 e. The summed E-state index contributed by atoms with van der Waals surface area (Å²) < 4.78 is 10.4. The van der Waals surface area contributed by atoms with Crippen molar-refractivity contribution in [3.63, 3.8) is 0 Å². The molecule has 0 aromatic heterocycles. The Kier molecular flexibility index (Phi) is 6.23. The molecule has 0 aliphatic carbocycles. The van der Waals surface area contributed by atoms with E-state index >= 15 is 0 Å². The minimum atomic E-state index is -0.150. The van der Waals surface area contributed by atoms with Crippen molar-refractivity contribution >= 4 is 0 Å². The predicted octanol–water partition coefficient (Wildman–Crippen LogP) is -0.568. The molecule has 2 unspecified atom stereocenters. The molecule has 1 heterocycles. The highest BCUT2D eigenvalue weighted by Gasteiger charge is 2.28. The van der Waals surface area contributed by atoms with Crippen LogP contribution in [0.2, 0.25) is 0 Å². The van der Waals surface area contributed by atoms with Gasteiger partial charge in [-0.25, -0.2) is 0 Å². The predicted molar refractivity (Wildman–Crippen MR) is 62.3 cm³/mol. The molecule has 0 bridgehead atoms. The Morgan fingerprint density at radius 3 is 2.62 bits per heavy atom. The summed E-state index contributed by atoms with van der Waals surface area (Å²) in [7, 11) is 3.65. The van der Waals surface area contributed by atoms with Crippen molar-refractivity contribution in [3.8, 4) is 0 Å². The third-order valence-corrected chi connectivity index (χ3v) is 3.33. The van der Waals surface area contributed by atoms with Gasteiger partial charge in [0.2, 0.25) is 0 Å². The molecule has 5 heteroatoms. The second kappa shape index (κ2) is 7.19. The standard InChI is InChI=1S/C11H24N2O3/c1-13(9-3-5-16-6-4-9)11(7-14)10(12)8-15-2/h9-11,14H,3-8,12H2,1-2H3. The van der Waals surface area contributed by atoms with E-state index in [4.69, 9.17) is 15.2 Å². The van der Waals surface area contributed by atoms with Gasteiger partial charge in [-0.2, -0.15) is 0 Å². The van der Waals surface area contributed by atoms with E-state index in [1.165, 1.54) is 0 Å². The minimum absolute atomic E-state index is 0.0388. The van der Waals surface area contributed by atoms with E-state index in [0.29, 0.717) is 12.6 Å². The van der Waals surface area contributed by atoms with Gasteiger partial charge in [-0.15, -0.1) is 0 Å². The number of nitrogens with zero attached hydrogens (tertiary/aromatic N) is 1. The molecule has 16 heavy (non-hydrogen) atoms. The Hall–Kier alpha value is -0.200. The van der Waals surface area contributed by atoms with Gasteiger partial charge >= 0.3 is 0 Å². The van der Waals surface area contributed by atoms with Crippen LogP contribution in [0.1, 0.15) is 12.8 Å². The molecule has 1 saturated heterocycles. The lowest BCUT2D eigenvalue weighted by Gasteiger charge is -2.38. The molecule has 0 amide bonds. The number of methoxy groups -OCH3 is 1. The van der Waals surface area contributed by atoms with Crippen molar-refractivity contribution in [2.24, 2.45) is 5.73 Å². The van der Waals surface area contributed by atoms with Gasteiger partial charge in [-0.05, 0) is 19.9 Å². The van der Waals surface area contributed by atoms with Crippen LogP contribution in [0.4, 0.5) is 0 Å². The minimum Gasteiger partial charge on any atom is -0.395 e. The van der Waals surface area contributed by atoms with Gasteiger partial charge in [0.1, 0.15) is 0 Å². The van der Waals surface area contributed by atoms with E-state index in [1.807, 2.05) is 7.05 Å². The fourth-order valence-corrected chi connectivity index (χ4v) is 2.23. The average molecular weight is 232 g/mol. The number of ether oxygens (including phenoxy) is 2. The third-order valence-electron chi connectivity index (χ3n) is 3.33. The van der Waals surface area contributed by atoms with Crippen LogP contribution >= 0.6 is 0 Å². The fraction of sp³-hybridized carbons (Fsp3) is 1.00. The lowest BCUT2D eigenvalue weighted by atomic mass is 10.0. The normalized spacial score (nSPS) is 22.3. The molecule has 3 N–H and O–H groups in total. The summed E-state index contributed by atoms with van der Waals surface area (Å²) in [5, 5.41) is 9.42. The molecular weight excluding hydrogens is 208 g/mol. The van der Waals surface area contributed by atoms with E-state index in [1.54, 1.807) is 7.11 Å². The first-order chi connectivity index (χ1) is 7.70. The van der Waals surface area contributed by atoms with Gasteiger partial charge in [-0.3, -0.25) is 4.90 Å². The van der Waals surface area contributed by atoms with E-state index in [0.717, 1.165) is 26.1 Å². The second-order valence-corrected chi connectivity index (χ2v) is 4.38. The van der Waals surface area contributed by atoms with Gasteiger partial charge in [0.25, 0.3) is 0 Å². The first-order valence-corrected chi connectivity index (χ1v) is 5.85. The summed E-state index contributed by atoms with van der Waals surface area (Å²) in [5.74, 6) is 0. The van der Waals surface area contributed by atoms with Gasteiger partial charge in [-0.1, -0.05) is 0 Å². The summed E-state index contributed by atoms with van der Waals surface area (Å²) in [4.78, 5) is 2.17. The zero-order valence-corrected chi connectivity index (χ0v) is 10.3. The zero-order chi connectivity index (χ0) is 12.0. The monoisotopic (exact) mass is 232 g/mol. The van der Waals surface area contributed by atoms with Crippen LogP contribution in [0.15, 0.2) is 0 Å². The highest BCUT2D eigenvalue weighted by molar-refractivity contribution is 4.85. The lowest BCUT2D eigenvalue weighted by Crippen LogP contribution is -2.54. The lowest BCUT2D eigenvalue weighted by molar-refractivity contribution is 0.00367. The van der Waals surface area contributed by atoms with Gasteiger partial charge in [0.15, 0.2) is 0 Å². The molecule has 1 aliphatic heterocycles. The van der Waals surface area contributed by atoms with Crippen LogP contribution in [0.25, 0.3) is 0 Å². The van der Waals surface area contributed by atoms with Crippen molar-refractivity contribution in [1.29, 1.82) is 0 Å². The Balaban J connectivity index is 2.49. The molecule has 96 valence electrons. The number of nitrogens with two attached hydrogens (primary N) is 1. The van der Waals surface area contributed by atoms with Gasteiger partial charge in [0.05, 0.1) is 19.3 Å². The number of aliphatic hydroxyl groups excluding tert-OH is 1. The van der Waals surface area contributed by atoms with Crippen molar-refractivity contribution in [1.82, 2.24) is 4.90 Å². The second-order valence-electron chi connectivity index (χ2n) is 4.38. The number of rotatable bonds is 6. The number of hydrogen-bond acceptors (Lipinski definition) is 5. The van der Waals surface area contributed by atoms with E-state index < -0.39 is 0 Å². The number of likely N-dealkylation sites (N-methyl/N-ethyl adjacent to an activating group) is 1. The molecule has 1 aliphatic rings. The van der Waals surface area contributed by atoms with Gasteiger partial charge in [0, 0.05) is 32.4 Å². The summed E-state index contributed by atoms with van der Waals surface area (Å²) in [5.41, 5.74) is 5.99. The maximum Gasteiger partial charge on any atom is 0.0629 e. The van der Waals surface area contributed by atoms with Crippen LogP contribution in [0.5, 0.6) is 0 Å². The zero-order valence-electron chi connectivity index (χ0n) is 10.3. The van der Waals surface area contributed by atoms with Crippen molar-refractivity contribution in [2.75, 3.05) is 40.6 Å². The Morgan fingerprint density at radius 1 is 1.50 bits per heavy atom. The van der Waals surface area contributed by atoms with Crippen molar-refractivity contribution in [2.45, 2.75) is 31.0 Å². The first kappa shape index (κ1) is 13.9.